The minimum Gasteiger partial charge on any atom is -0.342 e. The van der Waals surface area contributed by atoms with E-state index in [2.05, 4.69) is 4.98 Å². The average molecular weight is 404 g/mol. The molecule has 4 rings (SSSR count). The highest BCUT2D eigenvalue weighted by Gasteiger charge is 2.49. The Balaban J connectivity index is 1.64. The molecule has 2 aliphatic heterocycles. The van der Waals surface area contributed by atoms with E-state index in [1.807, 2.05) is 41.8 Å². The van der Waals surface area contributed by atoms with Gasteiger partial charge in [0, 0.05) is 53.3 Å². The van der Waals surface area contributed by atoms with Gasteiger partial charge in [-0.15, -0.1) is 11.3 Å². The number of hydrogen-bond donors (Lipinski definition) is 0. The number of nitrogens with zero attached hydrogens (tertiary/aromatic N) is 3. The number of thiazole rings is 1. The fraction of sp³-hybridized carbons (Fsp3) is 0.450. The summed E-state index contributed by atoms with van der Waals surface area (Å²) in [5.41, 5.74) is 1.79. The van der Waals surface area contributed by atoms with Crippen LogP contribution in [-0.2, 0) is 21.4 Å². The normalized spacial score (nSPS) is 21.1. The van der Waals surface area contributed by atoms with E-state index in [0.29, 0.717) is 31.0 Å². The monoisotopic (exact) mass is 403 g/mol. The van der Waals surface area contributed by atoms with Crippen molar-refractivity contribution in [2.24, 2.45) is 0 Å². The molecule has 2 aliphatic rings. The molecule has 0 N–H and O–H groups in total. The Morgan fingerprint density at radius 1 is 1.30 bits per heavy atom. The summed E-state index contributed by atoms with van der Waals surface area (Å²) in [6.07, 6.45) is 3.46. The molecule has 142 valence electrons. The summed E-state index contributed by atoms with van der Waals surface area (Å²) >= 11 is 7.84. The van der Waals surface area contributed by atoms with Gasteiger partial charge in [-0.2, -0.15) is 0 Å². The van der Waals surface area contributed by atoms with Gasteiger partial charge < -0.3 is 9.80 Å². The summed E-state index contributed by atoms with van der Waals surface area (Å²) in [5.74, 6) is 0.212. The standard InChI is InChI=1S/C20H22ClN3O2S/c1-3-18(25)23-7-6-20(11-23)12-24(16-5-4-14(21)8-15(16)20)19(26)9-17-22-10-13(2)27-17/h4-5,8,10H,3,6-7,9,11-12H2,1-2H3/t20-/m1/s1. The molecule has 2 amide bonds. The van der Waals surface area contributed by atoms with E-state index >= 15 is 0 Å². The van der Waals surface area contributed by atoms with Gasteiger partial charge in [0.1, 0.15) is 5.01 Å². The Bertz CT molecular complexity index is 912. The zero-order valence-corrected chi connectivity index (χ0v) is 17.1. The molecular weight excluding hydrogens is 382 g/mol. The zero-order valence-electron chi connectivity index (χ0n) is 15.5. The molecule has 0 bridgehead atoms. The van der Waals surface area contributed by atoms with Gasteiger partial charge in [0.15, 0.2) is 0 Å². The molecule has 1 spiro atoms. The van der Waals surface area contributed by atoms with Gasteiger partial charge in [0.05, 0.1) is 6.42 Å². The molecule has 0 saturated carbocycles. The number of hydrogen-bond acceptors (Lipinski definition) is 4. The van der Waals surface area contributed by atoms with Crippen LogP contribution in [0.5, 0.6) is 0 Å². The van der Waals surface area contributed by atoms with Gasteiger partial charge in [-0.1, -0.05) is 18.5 Å². The lowest BCUT2D eigenvalue weighted by molar-refractivity contribution is -0.129. The molecule has 1 aromatic heterocycles. The number of benzene rings is 1. The van der Waals surface area contributed by atoms with Crippen LogP contribution in [0.2, 0.25) is 5.02 Å². The van der Waals surface area contributed by atoms with Crippen LogP contribution in [0, 0.1) is 6.92 Å². The fourth-order valence-electron chi connectivity index (χ4n) is 4.23. The second kappa shape index (κ2) is 6.91. The minimum atomic E-state index is -0.223. The quantitative estimate of drug-likeness (QED) is 0.787. The molecule has 0 radical (unpaired) electrons. The van der Waals surface area contributed by atoms with Crippen molar-refractivity contribution in [3.63, 3.8) is 0 Å². The number of likely N-dealkylation sites (tertiary alicyclic amines) is 1. The summed E-state index contributed by atoms with van der Waals surface area (Å²) in [7, 11) is 0. The molecular formula is C20H22ClN3O2S. The fourth-order valence-corrected chi connectivity index (χ4v) is 5.18. The lowest BCUT2D eigenvalue weighted by atomic mass is 9.81. The number of carbonyl (C=O) groups excluding carboxylic acids is 2. The molecule has 0 aliphatic carbocycles. The second-order valence-electron chi connectivity index (χ2n) is 7.38. The maximum absolute atomic E-state index is 13.1. The van der Waals surface area contributed by atoms with Crippen molar-refractivity contribution < 1.29 is 9.59 Å². The number of anilines is 1. The third-order valence-corrected chi connectivity index (χ3v) is 6.71. The van der Waals surface area contributed by atoms with Crippen molar-refractivity contribution in [1.82, 2.24) is 9.88 Å². The van der Waals surface area contributed by atoms with Crippen molar-refractivity contribution in [2.75, 3.05) is 24.5 Å². The molecule has 7 heteroatoms. The Labute approximate surface area is 167 Å². The number of carbonyl (C=O) groups is 2. The highest BCUT2D eigenvalue weighted by atomic mass is 35.5. The summed E-state index contributed by atoms with van der Waals surface area (Å²) in [5, 5.41) is 1.50. The van der Waals surface area contributed by atoms with E-state index in [9.17, 15) is 9.59 Å². The molecule has 1 fully saturated rings. The molecule has 5 nitrogen and oxygen atoms in total. The van der Waals surface area contributed by atoms with E-state index in [0.717, 1.165) is 34.1 Å². The predicted molar refractivity (Wildman–Crippen MR) is 108 cm³/mol. The Hall–Kier alpha value is -1.92. The minimum absolute atomic E-state index is 0.0464. The van der Waals surface area contributed by atoms with Crippen LogP contribution in [0.3, 0.4) is 0 Å². The molecule has 1 aromatic carbocycles. The third kappa shape index (κ3) is 3.25. The number of amides is 2. The average Bonchev–Trinajstić information content (AvgIpc) is 3.34. The summed E-state index contributed by atoms with van der Waals surface area (Å²) < 4.78 is 0. The topological polar surface area (TPSA) is 53.5 Å². The van der Waals surface area contributed by atoms with Crippen molar-refractivity contribution in [2.45, 2.75) is 38.5 Å². The number of aromatic nitrogens is 1. The predicted octanol–water partition coefficient (Wildman–Crippen LogP) is 3.57. The van der Waals surface area contributed by atoms with E-state index in [1.54, 1.807) is 17.5 Å². The molecule has 0 unspecified atom stereocenters. The van der Waals surface area contributed by atoms with Crippen LogP contribution in [0.4, 0.5) is 5.69 Å². The first-order valence-electron chi connectivity index (χ1n) is 9.21. The van der Waals surface area contributed by atoms with Gasteiger partial charge in [0.25, 0.3) is 0 Å². The number of halogens is 1. The largest absolute Gasteiger partial charge is 0.342 e. The number of aryl methyl sites for hydroxylation is 1. The molecule has 27 heavy (non-hydrogen) atoms. The zero-order chi connectivity index (χ0) is 19.2. The Morgan fingerprint density at radius 2 is 2.11 bits per heavy atom. The lowest BCUT2D eigenvalue weighted by Crippen LogP contribution is -2.40. The smallest absolute Gasteiger partial charge is 0.233 e. The van der Waals surface area contributed by atoms with E-state index in [4.69, 9.17) is 11.6 Å². The van der Waals surface area contributed by atoms with Gasteiger partial charge in [0.2, 0.25) is 11.8 Å². The van der Waals surface area contributed by atoms with Gasteiger partial charge >= 0.3 is 0 Å². The van der Waals surface area contributed by atoms with Crippen LogP contribution >= 0.6 is 22.9 Å². The second-order valence-corrected chi connectivity index (χ2v) is 9.14. The lowest BCUT2D eigenvalue weighted by Gasteiger charge is -2.25. The van der Waals surface area contributed by atoms with E-state index in [1.165, 1.54) is 0 Å². The van der Waals surface area contributed by atoms with Gasteiger partial charge in [-0.3, -0.25) is 9.59 Å². The first-order chi connectivity index (χ1) is 12.9. The summed E-state index contributed by atoms with van der Waals surface area (Å²) in [6, 6.07) is 5.73. The van der Waals surface area contributed by atoms with Crippen LogP contribution in [0.15, 0.2) is 24.4 Å². The highest BCUT2D eigenvalue weighted by Crippen LogP contribution is 2.47. The summed E-state index contributed by atoms with van der Waals surface area (Å²) in [4.78, 5) is 34.5. The van der Waals surface area contributed by atoms with E-state index in [-0.39, 0.29) is 17.2 Å². The molecule has 3 heterocycles. The van der Waals surface area contributed by atoms with Gasteiger partial charge in [-0.25, -0.2) is 4.98 Å². The maximum atomic E-state index is 13.1. The third-order valence-electron chi connectivity index (χ3n) is 5.56. The Morgan fingerprint density at radius 3 is 2.81 bits per heavy atom. The molecule has 2 aromatic rings. The van der Waals surface area contributed by atoms with Gasteiger partial charge in [-0.05, 0) is 37.1 Å². The maximum Gasteiger partial charge on any atom is 0.233 e. The SMILES string of the molecule is CCC(=O)N1CC[C@@]2(C1)CN(C(=O)Cc1ncc(C)s1)c1ccc(Cl)cc12. The van der Waals surface area contributed by atoms with Crippen molar-refractivity contribution in [3.05, 3.63) is 44.9 Å². The summed E-state index contributed by atoms with van der Waals surface area (Å²) in [6.45, 7) is 5.85. The van der Waals surface area contributed by atoms with Crippen LogP contribution in [-0.4, -0.2) is 41.3 Å². The van der Waals surface area contributed by atoms with Crippen molar-refractivity contribution in [1.29, 1.82) is 0 Å². The van der Waals surface area contributed by atoms with Crippen LogP contribution in [0.25, 0.3) is 0 Å². The van der Waals surface area contributed by atoms with Crippen LogP contribution < -0.4 is 4.90 Å². The van der Waals surface area contributed by atoms with Crippen molar-refractivity contribution >= 4 is 40.4 Å². The molecule has 1 atom stereocenters. The first kappa shape index (κ1) is 18.4. The number of rotatable bonds is 3. The number of fused-ring (bicyclic) bond motifs is 2. The Kier molecular flexibility index (Phi) is 4.72. The highest BCUT2D eigenvalue weighted by molar-refractivity contribution is 7.11. The first-order valence-corrected chi connectivity index (χ1v) is 10.4. The van der Waals surface area contributed by atoms with E-state index < -0.39 is 0 Å². The molecule has 1 saturated heterocycles. The van der Waals surface area contributed by atoms with Crippen LogP contribution in [0.1, 0.15) is 35.2 Å². The van der Waals surface area contributed by atoms with Crippen molar-refractivity contribution in [3.8, 4) is 0 Å².